The van der Waals surface area contributed by atoms with E-state index in [0.29, 0.717) is 0 Å². The molecule has 1 aromatic carbocycles. The highest BCUT2D eigenvalue weighted by Crippen LogP contribution is 2.38. The molecule has 1 aliphatic carbocycles. The van der Waals surface area contributed by atoms with Crippen molar-refractivity contribution < 1.29 is 0 Å². The van der Waals surface area contributed by atoms with Gasteiger partial charge in [0.1, 0.15) is 0 Å². The van der Waals surface area contributed by atoms with E-state index >= 15 is 0 Å². The Morgan fingerprint density at radius 3 is 2.65 bits per heavy atom. The third kappa shape index (κ3) is 1.99. The van der Waals surface area contributed by atoms with Crippen molar-refractivity contribution in [3.63, 3.8) is 0 Å². The van der Waals surface area contributed by atoms with Gasteiger partial charge < -0.3 is 4.98 Å². The van der Waals surface area contributed by atoms with Crippen LogP contribution in [-0.2, 0) is 0 Å². The highest BCUT2D eigenvalue weighted by molar-refractivity contribution is 5.84. The Balaban J connectivity index is 1.97. The van der Waals surface area contributed by atoms with Crippen molar-refractivity contribution in [1.82, 2.24) is 4.98 Å². The van der Waals surface area contributed by atoms with Gasteiger partial charge in [0.05, 0.1) is 0 Å². The van der Waals surface area contributed by atoms with Crippen LogP contribution >= 0.6 is 0 Å². The maximum atomic E-state index is 3.42. The lowest BCUT2D eigenvalue weighted by Gasteiger charge is -2.26. The number of aryl methyl sites for hydroxylation is 1. The first-order valence-corrected chi connectivity index (χ1v) is 6.81. The van der Waals surface area contributed by atoms with Gasteiger partial charge in [-0.3, -0.25) is 0 Å². The number of aromatic amines is 1. The molecule has 90 valence electrons. The number of benzene rings is 1. The molecule has 1 aromatic heterocycles. The highest BCUT2D eigenvalue weighted by Gasteiger charge is 2.21. The molecule has 1 N–H and O–H groups in total. The van der Waals surface area contributed by atoms with Crippen LogP contribution < -0.4 is 0 Å². The van der Waals surface area contributed by atoms with Gasteiger partial charge in [0.15, 0.2) is 0 Å². The van der Waals surface area contributed by atoms with E-state index in [1.165, 1.54) is 42.1 Å². The molecule has 0 bridgehead atoms. The van der Waals surface area contributed by atoms with Gasteiger partial charge in [0, 0.05) is 17.1 Å². The van der Waals surface area contributed by atoms with Crippen LogP contribution in [-0.4, -0.2) is 4.98 Å². The van der Waals surface area contributed by atoms with Crippen molar-refractivity contribution in [3.8, 4) is 0 Å². The summed E-state index contributed by atoms with van der Waals surface area (Å²) in [6.45, 7) is 4.56. The lowest BCUT2D eigenvalue weighted by molar-refractivity contribution is 0.349. The molecule has 1 fully saturated rings. The molecule has 1 saturated carbocycles. The lowest BCUT2D eigenvalue weighted by Crippen LogP contribution is -2.10. The smallest absolute Gasteiger partial charge is 0.0457 e. The minimum Gasteiger partial charge on any atom is -0.361 e. The third-order valence-electron chi connectivity index (χ3n) is 4.32. The zero-order chi connectivity index (χ0) is 11.8. The molecule has 0 spiro atoms. The van der Waals surface area contributed by atoms with Crippen molar-refractivity contribution in [2.45, 2.75) is 45.4 Å². The molecule has 0 amide bonds. The maximum absolute atomic E-state index is 3.42. The molecule has 1 heterocycles. The van der Waals surface area contributed by atoms with Crippen LogP contribution in [0.5, 0.6) is 0 Å². The van der Waals surface area contributed by atoms with E-state index in [9.17, 15) is 0 Å². The Morgan fingerprint density at radius 1 is 1.12 bits per heavy atom. The molecular weight excluding hydrogens is 206 g/mol. The van der Waals surface area contributed by atoms with Crippen molar-refractivity contribution in [2.75, 3.05) is 0 Å². The Kier molecular flexibility index (Phi) is 2.70. The molecule has 1 heteroatoms. The third-order valence-corrected chi connectivity index (χ3v) is 4.32. The molecule has 2 aromatic rings. The fourth-order valence-electron chi connectivity index (χ4n) is 3.16. The van der Waals surface area contributed by atoms with Crippen molar-refractivity contribution >= 4 is 10.9 Å². The highest BCUT2D eigenvalue weighted by atomic mass is 14.7. The number of hydrogen-bond donors (Lipinski definition) is 1. The number of aromatic nitrogens is 1. The second kappa shape index (κ2) is 4.21. The van der Waals surface area contributed by atoms with E-state index < -0.39 is 0 Å². The number of H-pyrrole nitrogens is 1. The summed E-state index contributed by atoms with van der Waals surface area (Å²) in [6, 6.07) is 6.73. The maximum Gasteiger partial charge on any atom is 0.0457 e. The summed E-state index contributed by atoms with van der Waals surface area (Å²) in [5.41, 5.74) is 4.21. The number of fused-ring (bicyclic) bond motifs is 1. The first kappa shape index (κ1) is 10.9. The van der Waals surface area contributed by atoms with Crippen LogP contribution in [0.3, 0.4) is 0 Å². The van der Waals surface area contributed by atoms with E-state index in [1.807, 2.05) is 0 Å². The number of nitrogens with one attached hydrogen (secondary N) is 1. The second-order valence-electron chi connectivity index (χ2n) is 5.75. The second-order valence-corrected chi connectivity index (χ2v) is 5.75. The van der Waals surface area contributed by atoms with Crippen LogP contribution in [0.4, 0.5) is 0 Å². The topological polar surface area (TPSA) is 15.8 Å². The minimum absolute atomic E-state index is 0.779. The Morgan fingerprint density at radius 2 is 1.88 bits per heavy atom. The zero-order valence-electron chi connectivity index (χ0n) is 10.8. The first-order chi connectivity index (χ1) is 8.24. The quantitative estimate of drug-likeness (QED) is 0.722. The minimum atomic E-state index is 0.779. The largest absolute Gasteiger partial charge is 0.361 e. The Hall–Kier alpha value is -1.24. The van der Waals surface area contributed by atoms with E-state index in [4.69, 9.17) is 0 Å². The number of hydrogen-bond acceptors (Lipinski definition) is 0. The zero-order valence-corrected chi connectivity index (χ0v) is 10.8. The van der Waals surface area contributed by atoms with E-state index in [1.54, 1.807) is 5.56 Å². The van der Waals surface area contributed by atoms with E-state index in [-0.39, 0.29) is 0 Å². The average Bonchev–Trinajstić information content (AvgIpc) is 2.73. The summed E-state index contributed by atoms with van der Waals surface area (Å²) in [6.07, 6.45) is 7.75. The van der Waals surface area contributed by atoms with Gasteiger partial charge in [0.25, 0.3) is 0 Å². The molecule has 1 nitrogen and oxygen atoms in total. The molecule has 1 aliphatic rings. The van der Waals surface area contributed by atoms with Crippen LogP contribution in [0, 0.1) is 12.8 Å². The van der Waals surface area contributed by atoms with Crippen LogP contribution in [0.1, 0.15) is 49.7 Å². The van der Waals surface area contributed by atoms with Crippen LogP contribution in [0.15, 0.2) is 24.4 Å². The molecule has 0 unspecified atom stereocenters. The summed E-state index contributed by atoms with van der Waals surface area (Å²) in [4.78, 5) is 3.42. The summed E-state index contributed by atoms with van der Waals surface area (Å²) >= 11 is 0. The van der Waals surface area contributed by atoms with Crippen LogP contribution in [0.2, 0.25) is 0 Å². The van der Waals surface area contributed by atoms with Gasteiger partial charge >= 0.3 is 0 Å². The first-order valence-electron chi connectivity index (χ1n) is 6.81. The van der Waals surface area contributed by atoms with Crippen LogP contribution in [0.25, 0.3) is 10.9 Å². The normalized spacial score (nSPS) is 25.3. The fourth-order valence-corrected chi connectivity index (χ4v) is 3.16. The van der Waals surface area contributed by atoms with Crippen molar-refractivity contribution in [2.24, 2.45) is 5.92 Å². The van der Waals surface area contributed by atoms with Gasteiger partial charge in [-0.15, -0.1) is 0 Å². The standard InChI is InChI=1S/C16H21N/c1-11-3-6-13(7-4-11)15-10-17-16-8-5-12(2)9-14(15)16/h5,8-11,13,17H,3-4,6-7H2,1-2H3. The van der Waals surface area contributed by atoms with Gasteiger partial charge in [-0.1, -0.05) is 31.4 Å². The SMILES string of the molecule is Cc1ccc2[nH]cc(C3CCC(C)CC3)c2c1. The van der Waals surface area contributed by atoms with E-state index in [2.05, 4.69) is 43.2 Å². The Labute approximate surface area is 103 Å². The Bertz CT molecular complexity index is 515. The van der Waals surface area contributed by atoms with Crippen molar-refractivity contribution in [3.05, 3.63) is 35.5 Å². The molecule has 0 saturated heterocycles. The molecule has 17 heavy (non-hydrogen) atoms. The predicted molar refractivity (Wildman–Crippen MR) is 73.4 cm³/mol. The number of rotatable bonds is 1. The molecule has 0 atom stereocenters. The molecular formula is C16H21N. The van der Waals surface area contributed by atoms with Gasteiger partial charge in [-0.25, -0.2) is 0 Å². The summed E-state index contributed by atoms with van der Waals surface area (Å²) < 4.78 is 0. The fraction of sp³-hybridized carbons (Fsp3) is 0.500. The molecule has 0 aliphatic heterocycles. The average molecular weight is 227 g/mol. The molecule has 3 rings (SSSR count). The lowest BCUT2D eigenvalue weighted by atomic mass is 9.79. The predicted octanol–water partition coefficient (Wildman–Crippen LogP) is 4.77. The van der Waals surface area contributed by atoms with Crippen molar-refractivity contribution in [1.29, 1.82) is 0 Å². The molecule has 0 radical (unpaired) electrons. The summed E-state index contributed by atoms with van der Waals surface area (Å²) in [7, 11) is 0. The monoisotopic (exact) mass is 227 g/mol. The van der Waals surface area contributed by atoms with E-state index in [0.717, 1.165) is 11.8 Å². The van der Waals surface area contributed by atoms with Gasteiger partial charge in [-0.2, -0.15) is 0 Å². The summed E-state index contributed by atoms with van der Waals surface area (Å²) in [5, 5.41) is 1.45. The summed E-state index contributed by atoms with van der Waals surface area (Å²) in [5.74, 6) is 1.71. The van der Waals surface area contributed by atoms with Gasteiger partial charge in [0.2, 0.25) is 0 Å². The van der Waals surface area contributed by atoms with Gasteiger partial charge in [-0.05, 0) is 49.3 Å².